The molecule has 7 nitrogen and oxygen atoms in total. The van der Waals surface area contributed by atoms with Crippen LogP contribution in [-0.2, 0) is 4.79 Å². The van der Waals surface area contributed by atoms with E-state index in [0.717, 1.165) is 36.8 Å². The van der Waals surface area contributed by atoms with Crippen LogP contribution in [0.5, 0.6) is 0 Å². The van der Waals surface area contributed by atoms with Crippen LogP contribution >= 0.6 is 23.2 Å². The second kappa shape index (κ2) is 12.6. The summed E-state index contributed by atoms with van der Waals surface area (Å²) in [6, 6.07) is 17.0. The summed E-state index contributed by atoms with van der Waals surface area (Å²) in [5, 5.41) is 6.59. The summed E-state index contributed by atoms with van der Waals surface area (Å²) in [4.78, 5) is 42.0. The Morgan fingerprint density at radius 1 is 0.976 bits per heavy atom. The number of rotatable bonds is 6. The summed E-state index contributed by atoms with van der Waals surface area (Å²) >= 11 is 12.4. The molecule has 214 valence electrons. The van der Waals surface area contributed by atoms with Crippen LogP contribution in [0.15, 0.2) is 60.7 Å². The molecule has 1 saturated carbocycles. The summed E-state index contributed by atoms with van der Waals surface area (Å²) in [5.41, 5.74) is 9.39. The Labute approximate surface area is 250 Å². The molecule has 3 atom stereocenters. The third-order valence-electron chi connectivity index (χ3n) is 8.11. The molecule has 3 aromatic rings. The van der Waals surface area contributed by atoms with Crippen molar-refractivity contribution in [2.75, 3.05) is 23.3 Å². The number of carbonyl (C=O) groups is 3. The highest BCUT2D eigenvalue weighted by Crippen LogP contribution is 2.40. The molecule has 3 aromatic carbocycles. The molecule has 5 rings (SSSR count). The summed E-state index contributed by atoms with van der Waals surface area (Å²) in [6.07, 6.45) is 4.40. The minimum atomic E-state index is -0.583. The molecule has 2 aliphatic rings. The van der Waals surface area contributed by atoms with E-state index < -0.39 is 6.04 Å². The molecule has 1 heterocycles. The lowest BCUT2D eigenvalue weighted by Crippen LogP contribution is -2.35. The Morgan fingerprint density at radius 2 is 1.71 bits per heavy atom. The largest absolute Gasteiger partial charge is 0.352 e. The highest BCUT2D eigenvalue weighted by atomic mass is 35.5. The van der Waals surface area contributed by atoms with E-state index in [-0.39, 0.29) is 29.2 Å². The van der Waals surface area contributed by atoms with Crippen molar-refractivity contribution in [1.29, 1.82) is 0 Å². The lowest BCUT2D eigenvalue weighted by atomic mass is 9.81. The standard InChI is InChI=1S/C32H34Cl2N4O3/c1-19-5-7-22(8-6-19)29-16-30(39)37-27-15-23(31(40)36-18-21-4-2-3-20(13-21)17-35)10-12-28(27)38(29)32(41)24-9-11-25(33)26(34)14-24/h5-12,14-15,20-21,29H,2-4,13,16-18,35H2,1H3,(H,36,40)(H,37,39). The Kier molecular flexibility index (Phi) is 8.97. The Bertz CT molecular complexity index is 1460. The predicted octanol–water partition coefficient (Wildman–Crippen LogP) is 6.53. The van der Waals surface area contributed by atoms with E-state index in [4.69, 9.17) is 28.9 Å². The van der Waals surface area contributed by atoms with Crippen molar-refractivity contribution >= 4 is 52.3 Å². The number of carbonyl (C=O) groups excluding carboxylic acids is 3. The fraction of sp³-hybridized carbons (Fsp3) is 0.344. The zero-order valence-electron chi connectivity index (χ0n) is 23.0. The summed E-state index contributed by atoms with van der Waals surface area (Å²) in [6.45, 7) is 3.24. The van der Waals surface area contributed by atoms with Gasteiger partial charge in [-0.2, -0.15) is 0 Å². The number of halogens is 2. The van der Waals surface area contributed by atoms with Gasteiger partial charge < -0.3 is 16.4 Å². The van der Waals surface area contributed by atoms with Crippen molar-refractivity contribution in [2.24, 2.45) is 17.6 Å². The molecule has 0 aromatic heterocycles. The first-order chi connectivity index (χ1) is 19.7. The maximum atomic E-state index is 14.1. The number of fused-ring (bicyclic) bond motifs is 1. The average molecular weight is 594 g/mol. The monoisotopic (exact) mass is 592 g/mol. The summed E-state index contributed by atoms with van der Waals surface area (Å²) < 4.78 is 0. The van der Waals surface area contributed by atoms with Crippen molar-refractivity contribution in [2.45, 2.75) is 45.1 Å². The van der Waals surface area contributed by atoms with Crippen molar-refractivity contribution < 1.29 is 14.4 Å². The van der Waals surface area contributed by atoms with Gasteiger partial charge in [0.15, 0.2) is 0 Å². The molecular formula is C32H34Cl2N4O3. The fourth-order valence-corrected chi connectivity index (χ4v) is 6.14. The molecule has 0 radical (unpaired) electrons. The van der Waals surface area contributed by atoms with Crippen LogP contribution in [0.2, 0.25) is 10.0 Å². The first-order valence-corrected chi connectivity index (χ1v) is 14.8. The molecule has 1 aliphatic heterocycles. The smallest absolute Gasteiger partial charge is 0.258 e. The number of hydrogen-bond acceptors (Lipinski definition) is 4. The Morgan fingerprint density at radius 3 is 2.44 bits per heavy atom. The van der Waals surface area contributed by atoms with Gasteiger partial charge in [0.05, 0.1) is 33.9 Å². The van der Waals surface area contributed by atoms with E-state index in [1.165, 1.54) is 6.07 Å². The van der Waals surface area contributed by atoms with Crippen molar-refractivity contribution in [3.63, 3.8) is 0 Å². The number of nitrogens with two attached hydrogens (primary N) is 1. The predicted molar refractivity (Wildman–Crippen MR) is 164 cm³/mol. The maximum absolute atomic E-state index is 14.1. The van der Waals surface area contributed by atoms with Crippen LogP contribution in [0.4, 0.5) is 11.4 Å². The van der Waals surface area contributed by atoms with Gasteiger partial charge >= 0.3 is 0 Å². The van der Waals surface area contributed by atoms with Gasteiger partial charge in [-0.3, -0.25) is 19.3 Å². The molecule has 41 heavy (non-hydrogen) atoms. The minimum Gasteiger partial charge on any atom is -0.352 e. The zero-order valence-corrected chi connectivity index (χ0v) is 24.5. The Balaban J connectivity index is 1.48. The van der Waals surface area contributed by atoms with Crippen LogP contribution in [0.25, 0.3) is 0 Å². The number of nitrogens with one attached hydrogen (secondary N) is 2. The van der Waals surface area contributed by atoms with Crippen molar-refractivity contribution in [3.8, 4) is 0 Å². The molecule has 3 unspecified atom stereocenters. The molecule has 9 heteroatoms. The van der Waals surface area contributed by atoms with Crippen molar-refractivity contribution in [3.05, 3.63) is 93.0 Å². The first kappa shape index (κ1) is 29.1. The van der Waals surface area contributed by atoms with Gasteiger partial charge in [0.1, 0.15) is 0 Å². The average Bonchev–Trinajstić information content (AvgIpc) is 3.12. The lowest BCUT2D eigenvalue weighted by Gasteiger charge is -2.31. The van der Waals surface area contributed by atoms with E-state index in [1.807, 2.05) is 31.2 Å². The molecular weight excluding hydrogens is 559 g/mol. The highest BCUT2D eigenvalue weighted by molar-refractivity contribution is 6.42. The van der Waals surface area contributed by atoms with E-state index >= 15 is 0 Å². The summed E-state index contributed by atoms with van der Waals surface area (Å²) in [5.74, 6) is 0.0913. The number of anilines is 2. The number of amides is 3. The zero-order chi connectivity index (χ0) is 29.1. The second-order valence-electron chi connectivity index (χ2n) is 11.1. The first-order valence-electron chi connectivity index (χ1n) is 14.0. The van der Waals surface area contributed by atoms with Gasteiger partial charge in [-0.15, -0.1) is 0 Å². The fourth-order valence-electron chi connectivity index (χ4n) is 5.84. The molecule has 1 aliphatic carbocycles. The topological polar surface area (TPSA) is 105 Å². The number of hydrogen-bond donors (Lipinski definition) is 3. The SMILES string of the molecule is Cc1ccc(C2CC(=O)Nc3cc(C(=O)NCC4CCCC(CN)C4)ccc3N2C(=O)c2ccc(Cl)c(Cl)c2)cc1. The molecule has 3 amide bonds. The molecule has 4 N–H and O–H groups in total. The van der Waals surface area contributed by atoms with Crippen LogP contribution in [0, 0.1) is 18.8 Å². The van der Waals surface area contributed by atoms with Gasteiger partial charge in [-0.25, -0.2) is 0 Å². The van der Waals surface area contributed by atoms with Gasteiger partial charge in [-0.1, -0.05) is 59.5 Å². The van der Waals surface area contributed by atoms with Crippen LogP contribution in [0.1, 0.15) is 70.0 Å². The summed E-state index contributed by atoms with van der Waals surface area (Å²) in [7, 11) is 0. The normalized spacial score (nSPS) is 20.5. The van der Waals surface area contributed by atoms with Gasteiger partial charge in [0, 0.05) is 17.7 Å². The minimum absolute atomic E-state index is 0.0380. The Hall–Kier alpha value is -3.39. The van der Waals surface area contributed by atoms with Crippen molar-refractivity contribution in [1.82, 2.24) is 5.32 Å². The third-order valence-corrected chi connectivity index (χ3v) is 8.85. The molecule has 0 bridgehead atoms. The van der Waals surface area contributed by atoms with Gasteiger partial charge in [0.25, 0.3) is 11.8 Å². The molecule has 1 fully saturated rings. The molecule has 0 spiro atoms. The van der Waals surface area contributed by atoms with E-state index in [1.54, 1.807) is 35.2 Å². The van der Waals surface area contributed by atoms with Crippen LogP contribution in [0.3, 0.4) is 0 Å². The van der Waals surface area contributed by atoms with E-state index in [0.29, 0.717) is 52.4 Å². The quantitative estimate of drug-likeness (QED) is 0.303. The van der Waals surface area contributed by atoms with Crippen LogP contribution < -0.4 is 21.3 Å². The third kappa shape index (κ3) is 6.58. The lowest BCUT2D eigenvalue weighted by molar-refractivity contribution is -0.116. The highest BCUT2D eigenvalue weighted by Gasteiger charge is 2.35. The van der Waals surface area contributed by atoms with Crippen LogP contribution in [-0.4, -0.2) is 30.8 Å². The van der Waals surface area contributed by atoms with Gasteiger partial charge in [0.2, 0.25) is 5.91 Å². The second-order valence-corrected chi connectivity index (χ2v) is 11.9. The maximum Gasteiger partial charge on any atom is 0.258 e. The number of nitrogens with zero attached hydrogens (tertiary/aromatic N) is 1. The van der Waals surface area contributed by atoms with E-state index in [9.17, 15) is 14.4 Å². The number of aryl methyl sites for hydroxylation is 1. The number of benzene rings is 3. The van der Waals surface area contributed by atoms with E-state index in [2.05, 4.69) is 10.6 Å². The van der Waals surface area contributed by atoms with Gasteiger partial charge in [-0.05, 0) is 86.5 Å². The molecule has 0 saturated heterocycles.